The lowest BCUT2D eigenvalue weighted by Gasteiger charge is -2.07. The molecule has 118 valence electrons. The number of benzene rings is 2. The van der Waals surface area contributed by atoms with Crippen LogP contribution in [0, 0.1) is 11.3 Å². The van der Waals surface area contributed by atoms with Crippen LogP contribution >= 0.6 is 0 Å². The van der Waals surface area contributed by atoms with Gasteiger partial charge in [0.1, 0.15) is 11.6 Å². The van der Waals surface area contributed by atoms with Crippen molar-refractivity contribution in [3.63, 3.8) is 0 Å². The first-order valence-corrected chi connectivity index (χ1v) is 8.32. The largest absolute Gasteiger partial charge is 0.384 e. The van der Waals surface area contributed by atoms with Gasteiger partial charge in [-0.25, -0.2) is 9.19 Å². The quantitative estimate of drug-likeness (QED) is 0.765. The first-order valence-electron chi connectivity index (χ1n) is 7.17. The Morgan fingerprint density at radius 3 is 2.17 bits per heavy atom. The molecule has 0 saturated carbocycles. The number of pyridine rings is 1. The van der Waals surface area contributed by atoms with E-state index in [2.05, 4.69) is 15.8 Å². The molecular formula is C18H14N4OS. The zero-order chi connectivity index (χ0) is 16.9. The van der Waals surface area contributed by atoms with Crippen LogP contribution in [0.1, 0.15) is 5.56 Å². The number of nitrogens with two attached hydrogens (primary N) is 1. The lowest BCUT2D eigenvalue weighted by Crippen LogP contribution is -2.06. The Morgan fingerprint density at radius 1 is 0.958 bits per heavy atom. The Balaban J connectivity index is 1.76. The second-order valence-electron chi connectivity index (χ2n) is 5.03. The molecule has 1 unspecified atom stereocenters. The second kappa shape index (κ2) is 6.94. The van der Waals surface area contributed by atoms with Crippen molar-refractivity contribution in [2.45, 2.75) is 4.90 Å². The third-order valence-corrected chi connectivity index (χ3v) is 4.48. The standard InChI is InChI=1S/C18H14N4OS/c19-12-13-4-6-14(7-5-13)15-8-10-16(11-9-15)24(23)22-18-3-1-2-17(20)21-18/h1-11H,(H3,20,21,22). The van der Waals surface area contributed by atoms with Crippen molar-refractivity contribution in [2.75, 3.05) is 10.5 Å². The third-order valence-electron chi connectivity index (χ3n) is 3.38. The van der Waals surface area contributed by atoms with Gasteiger partial charge in [0.15, 0.2) is 11.0 Å². The molecular weight excluding hydrogens is 320 g/mol. The van der Waals surface area contributed by atoms with Crippen LogP contribution in [0.3, 0.4) is 0 Å². The Labute approximate surface area is 142 Å². The van der Waals surface area contributed by atoms with Crippen molar-refractivity contribution >= 4 is 22.6 Å². The van der Waals surface area contributed by atoms with E-state index in [0.717, 1.165) is 11.1 Å². The summed E-state index contributed by atoms with van der Waals surface area (Å²) in [5.74, 6) is 0.831. The van der Waals surface area contributed by atoms with Crippen LogP contribution in [0.25, 0.3) is 11.1 Å². The molecule has 3 N–H and O–H groups in total. The summed E-state index contributed by atoms with van der Waals surface area (Å²) < 4.78 is 15.2. The molecule has 3 rings (SSSR count). The Kier molecular flexibility index (Phi) is 4.54. The number of aromatic nitrogens is 1. The normalized spacial score (nSPS) is 11.5. The van der Waals surface area contributed by atoms with Crippen LogP contribution in [-0.4, -0.2) is 9.19 Å². The van der Waals surface area contributed by atoms with Gasteiger partial charge in [0.2, 0.25) is 0 Å². The van der Waals surface area contributed by atoms with Gasteiger partial charge < -0.3 is 5.73 Å². The van der Waals surface area contributed by atoms with Crippen molar-refractivity contribution in [2.24, 2.45) is 0 Å². The van der Waals surface area contributed by atoms with Crippen LogP contribution in [-0.2, 0) is 11.0 Å². The van der Waals surface area contributed by atoms with Gasteiger partial charge in [-0.3, -0.25) is 4.72 Å². The van der Waals surface area contributed by atoms with E-state index < -0.39 is 11.0 Å². The Hall–Kier alpha value is -3.17. The molecule has 0 bridgehead atoms. The summed E-state index contributed by atoms with van der Waals surface area (Å²) in [7, 11) is -1.42. The molecule has 1 heterocycles. The van der Waals surface area contributed by atoms with E-state index in [-0.39, 0.29) is 0 Å². The number of nitrogens with zero attached hydrogens (tertiary/aromatic N) is 2. The number of anilines is 2. The molecule has 0 saturated heterocycles. The first kappa shape index (κ1) is 15.7. The minimum atomic E-state index is -1.42. The van der Waals surface area contributed by atoms with Crippen LogP contribution in [0.15, 0.2) is 71.6 Å². The number of rotatable bonds is 4. The minimum Gasteiger partial charge on any atom is -0.384 e. The van der Waals surface area contributed by atoms with Gasteiger partial charge in [-0.2, -0.15) is 5.26 Å². The highest BCUT2D eigenvalue weighted by Gasteiger charge is 2.06. The van der Waals surface area contributed by atoms with E-state index in [0.29, 0.717) is 22.1 Å². The molecule has 3 aromatic rings. The molecule has 2 aromatic carbocycles. The average molecular weight is 334 g/mol. The number of hydrogen-bond acceptors (Lipinski definition) is 4. The van der Waals surface area contributed by atoms with Crippen LogP contribution in [0.4, 0.5) is 11.6 Å². The van der Waals surface area contributed by atoms with E-state index >= 15 is 0 Å². The van der Waals surface area contributed by atoms with Crippen LogP contribution in [0.2, 0.25) is 0 Å². The van der Waals surface area contributed by atoms with Crippen LogP contribution < -0.4 is 10.5 Å². The topological polar surface area (TPSA) is 91.8 Å². The Bertz CT molecular complexity index is 915. The van der Waals surface area contributed by atoms with Gasteiger partial charge >= 0.3 is 0 Å². The highest BCUT2D eigenvalue weighted by Crippen LogP contribution is 2.21. The highest BCUT2D eigenvalue weighted by atomic mass is 32.2. The molecule has 0 radical (unpaired) electrons. The molecule has 0 spiro atoms. The molecule has 5 nitrogen and oxygen atoms in total. The number of hydrogen-bond donors (Lipinski definition) is 2. The van der Waals surface area contributed by atoms with Gasteiger partial charge in [-0.15, -0.1) is 0 Å². The number of nitrogen functional groups attached to an aromatic ring is 1. The molecule has 24 heavy (non-hydrogen) atoms. The van der Waals surface area contributed by atoms with Crippen molar-refractivity contribution < 1.29 is 4.21 Å². The van der Waals surface area contributed by atoms with E-state index in [9.17, 15) is 4.21 Å². The third kappa shape index (κ3) is 3.59. The minimum absolute atomic E-state index is 0.369. The van der Waals surface area contributed by atoms with E-state index in [1.54, 1.807) is 42.5 Å². The maximum Gasteiger partial charge on any atom is 0.151 e. The lowest BCUT2D eigenvalue weighted by molar-refractivity contribution is 0.686. The molecule has 1 atom stereocenters. The summed E-state index contributed by atoms with van der Waals surface area (Å²) in [5.41, 5.74) is 8.21. The number of nitrogens with one attached hydrogen (secondary N) is 1. The maximum atomic E-state index is 12.3. The molecule has 0 aliphatic carbocycles. The van der Waals surface area contributed by atoms with E-state index in [1.807, 2.05) is 24.3 Å². The summed E-state index contributed by atoms with van der Waals surface area (Å²) in [6.07, 6.45) is 0. The molecule has 0 fully saturated rings. The summed E-state index contributed by atoms with van der Waals surface area (Å²) in [6, 6.07) is 21.9. The molecule has 0 aliphatic heterocycles. The summed E-state index contributed by atoms with van der Waals surface area (Å²) in [5, 5.41) is 8.83. The van der Waals surface area contributed by atoms with E-state index in [1.165, 1.54) is 0 Å². The van der Waals surface area contributed by atoms with Gasteiger partial charge in [0, 0.05) is 0 Å². The average Bonchev–Trinajstić information content (AvgIpc) is 2.62. The monoisotopic (exact) mass is 334 g/mol. The zero-order valence-electron chi connectivity index (χ0n) is 12.6. The molecule has 6 heteroatoms. The summed E-state index contributed by atoms with van der Waals surface area (Å²) >= 11 is 0. The maximum absolute atomic E-state index is 12.3. The predicted octanol–water partition coefficient (Wildman–Crippen LogP) is 3.34. The molecule has 1 aromatic heterocycles. The fourth-order valence-corrected chi connectivity index (χ4v) is 2.98. The Morgan fingerprint density at radius 2 is 1.58 bits per heavy atom. The second-order valence-corrected chi connectivity index (χ2v) is 6.25. The zero-order valence-corrected chi connectivity index (χ0v) is 13.5. The van der Waals surface area contributed by atoms with E-state index in [4.69, 9.17) is 11.0 Å². The summed E-state index contributed by atoms with van der Waals surface area (Å²) in [6.45, 7) is 0. The predicted molar refractivity (Wildman–Crippen MR) is 95.3 cm³/mol. The molecule has 0 aliphatic rings. The summed E-state index contributed by atoms with van der Waals surface area (Å²) in [4.78, 5) is 4.70. The smallest absolute Gasteiger partial charge is 0.151 e. The number of nitriles is 1. The van der Waals surface area contributed by atoms with Gasteiger partial charge in [-0.05, 0) is 47.5 Å². The lowest BCUT2D eigenvalue weighted by atomic mass is 10.0. The molecule has 0 amide bonds. The van der Waals surface area contributed by atoms with Crippen molar-refractivity contribution in [1.29, 1.82) is 5.26 Å². The fourth-order valence-electron chi connectivity index (χ4n) is 2.17. The van der Waals surface area contributed by atoms with Crippen molar-refractivity contribution in [1.82, 2.24) is 4.98 Å². The van der Waals surface area contributed by atoms with Gasteiger partial charge in [0.25, 0.3) is 0 Å². The van der Waals surface area contributed by atoms with Crippen molar-refractivity contribution in [3.05, 3.63) is 72.3 Å². The fraction of sp³-hybridized carbons (Fsp3) is 0. The van der Waals surface area contributed by atoms with Gasteiger partial charge in [0.05, 0.1) is 16.5 Å². The van der Waals surface area contributed by atoms with Gasteiger partial charge in [-0.1, -0.05) is 30.3 Å². The van der Waals surface area contributed by atoms with Crippen LogP contribution in [0.5, 0.6) is 0 Å². The SMILES string of the molecule is N#Cc1ccc(-c2ccc(S(=O)Nc3cccc(N)n3)cc2)cc1. The highest BCUT2D eigenvalue weighted by molar-refractivity contribution is 7.86. The first-order chi connectivity index (χ1) is 11.7. The van der Waals surface area contributed by atoms with Crippen molar-refractivity contribution in [3.8, 4) is 17.2 Å².